The molecule has 1 aromatic rings. The highest BCUT2D eigenvalue weighted by Gasteiger charge is 2.20. The van der Waals surface area contributed by atoms with Gasteiger partial charge in [0.15, 0.2) is 0 Å². The van der Waals surface area contributed by atoms with E-state index in [0.717, 1.165) is 56.9 Å². The number of hydrogen-bond acceptors (Lipinski definition) is 6. The van der Waals surface area contributed by atoms with Gasteiger partial charge in [0.25, 0.3) is 0 Å². The maximum absolute atomic E-state index is 11.8. The molecule has 1 N–H and O–H groups in total. The largest absolute Gasteiger partial charge is 0.465 e. The summed E-state index contributed by atoms with van der Waals surface area (Å²) in [6.45, 7) is 6.63. The molecule has 0 atom stereocenters. The Morgan fingerprint density at radius 3 is 2.68 bits per heavy atom. The van der Waals surface area contributed by atoms with Crippen molar-refractivity contribution in [3.8, 4) is 0 Å². The van der Waals surface area contributed by atoms with Crippen molar-refractivity contribution in [3.63, 3.8) is 0 Å². The smallest absolute Gasteiger partial charge is 0.339 e. The molecule has 0 bridgehead atoms. The fourth-order valence-corrected chi connectivity index (χ4v) is 2.77. The third-order valence-corrected chi connectivity index (χ3v) is 4.01. The Labute approximate surface area is 131 Å². The van der Waals surface area contributed by atoms with E-state index in [-0.39, 0.29) is 12.6 Å². The number of anilines is 1. The Morgan fingerprint density at radius 2 is 2.09 bits per heavy atom. The number of aliphatic hydroxyl groups is 1. The Bertz CT molecular complexity index is 499. The van der Waals surface area contributed by atoms with Crippen molar-refractivity contribution in [2.24, 2.45) is 0 Å². The van der Waals surface area contributed by atoms with Crippen LogP contribution in [-0.2, 0) is 11.2 Å². The maximum Gasteiger partial charge on any atom is 0.339 e. The zero-order chi connectivity index (χ0) is 15.9. The molecule has 1 fully saturated rings. The molecule has 6 nitrogen and oxygen atoms in total. The first-order valence-corrected chi connectivity index (χ1v) is 7.85. The number of ether oxygens (including phenoxy) is 1. The molecule has 122 valence electrons. The van der Waals surface area contributed by atoms with Crippen LogP contribution in [0.3, 0.4) is 0 Å². The van der Waals surface area contributed by atoms with E-state index in [1.54, 1.807) is 6.20 Å². The average Bonchev–Trinajstić information content (AvgIpc) is 2.55. The van der Waals surface area contributed by atoms with E-state index < -0.39 is 0 Å². The lowest BCUT2D eigenvalue weighted by atomic mass is 10.1. The molecule has 1 saturated heterocycles. The molecule has 1 aromatic heterocycles. The molecular formula is C16H25N3O3. The molecule has 1 aliphatic rings. The summed E-state index contributed by atoms with van der Waals surface area (Å²) in [5.41, 5.74) is 1.56. The molecular weight excluding hydrogens is 282 g/mol. The lowest BCUT2D eigenvalue weighted by Gasteiger charge is -2.35. The fraction of sp³-hybridized carbons (Fsp3) is 0.625. The molecule has 0 aromatic carbocycles. The molecule has 0 radical (unpaired) electrons. The number of piperazine rings is 1. The molecule has 2 rings (SSSR count). The number of carbonyl (C=O) groups excluding carboxylic acids is 1. The Balaban J connectivity index is 2.12. The van der Waals surface area contributed by atoms with Gasteiger partial charge in [0.05, 0.1) is 19.3 Å². The van der Waals surface area contributed by atoms with Crippen molar-refractivity contribution in [1.82, 2.24) is 9.88 Å². The molecule has 0 amide bonds. The minimum atomic E-state index is -0.324. The standard InChI is InChI=1S/C16H25N3O3/c1-3-4-13-11-15(17-12-14(13)16(21)22-2)19-7-5-18(6-8-19)9-10-20/h11-12,20H,3-10H2,1-2H3. The van der Waals surface area contributed by atoms with E-state index in [2.05, 4.69) is 21.7 Å². The SMILES string of the molecule is CCCc1cc(N2CCN(CCO)CC2)ncc1C(=O)OC. The van der Waals surface area contributed by atoms with Crippen LogP contribution in [-0.4, -0.2) is 67.4 Å². The number of aliphatic hydroxyl groups excluding tert-OH is 1. The minimum Gasteiger partial charge on any atom is -0.465 e. The predicted molar refractivity (Wildman–Crippen MR) is 85.3 cm³/mol. The number of carbonyl (C=O) groups is 1. The van der Waals surface area contributed by atoms with Crippen LogP contribution < -0.4 is 4.90 Å². The van der Waals surface area contributed by atoms with E-state index >= 15 is 0 Å². The average molecular weight is 307 g/mol. The van der Waals surface area contributed by atoms with Gasteiger partial charge in [-0.2, -0.15) is 0 Å². The van der Waals surface area contributed by atoms with Gasteiger partial charge in [0.1, 0.15) is 5.82 Å². The van der Waals surface area contributed by atoms with Gasteiger partial charge in [-0.25, -0.2) is 9.78 Å². The summed E-state index contributed by atoms with van der Waals surface area (Å²) in [5.74, 6) is 0.593. The molecule has 0 aliphatic carbocycles. The maximum atomic E-state index is 11.8. The zero-order valence-electron chi connectivity index (χ0n) is 13.4. The van der Waals surface area contributed by atoms with E-state index in [1.807, 2.05) is 6.07 Å². The van der Waals surface area contributed by atoms with Crippen molar-refractivity contribution in [1.29, 1.82) is 0 Å². The van der Waals surface area contributed by atoms with Gasteiger partial charge in [0, 0.05) is 38.9 Å². The number of β-amino-alcohol motifs (C(OH)–C–C–N with tert-alkyl or cyclic N) is 1. The highest BCUT2D eigenvalue weighted by molar-refractivity contribution is 5.91. The number of hydrogen-bond donors (Lipinski definition) is 1. The highest BCUT2D eigenvalue weighted by Crippen LogP contribution is 2.20. The summed E-state index contributed by atoms with van der Waals surface area (Å²) in [6, 6.07) is 2.01. The Kier molecular flexibility index (Phi) is 6.15. The van der Waals surface area contributed by atoms with Gasteiger partial charge in [0.2, 0.25) is 0 Å². The molecule has 1 aliphatic heterocycles. The van der Waals surface area contributed by atoms with Crippen molar-refractivity contribution < 1.29 is 14.6 Å². The summed E-state index contributed by atoms with van der Waals surface area (Å²) in [5, 5.41) is 8.99. The van der Waals surface area contributed by atoms with Crippen molar-refractivity contribution in [2.75, 3.05) is 51.3 Å². The molecule has 0 unspecified atom stereocenters. The monoisotopic (exact) mass is 307 g/mol. The van der Waals surface area contributed by atoms with Gasteiger partial charge < -0.3 is 14.7 Å². The zero-order valence-corrected chi connectivity index (χ0v) is 13.4. The summed E-state index contributed by atoms with van der Waals surface area (Å²) in [6.07, 6.45) is 3.44. The second kappa shape index (κ2) is 8.10. The molecule has 2 heterocycles. The van der Waals surface area contributed by atoms with Crippen LogP contribution in [0.1, 0.15) is 29.3 Å². The van der Waals surface area contributed by atoms with Crippen molar-refractivity contribution in [3.05, 3.63) is 23.4 Å². The van der Waals surface area contributed by atoms with Gasteiger partial charge in [-0.1, -0.05) is 13.3 Å². The van der Waals surface area contributed by atoms with Gasteiger partial charge in [-0.15, -0.1) is 0 Å². The predicted octanol–water partition coefficient (Wildman–Crippen LogP) is 0.935. The first-order chi connectivity index (χ1) is 10.7. The van der Waals surface area contributed by atoms with Crippen LogP contribution in [0.25, 0.3) is 0 Å². The second-order valence-electron chi connectivity index (χ2n) is 5.49. The Morgan fingerprint density at radius 1 is 1.36 bits per heavy atom. The van der Waals surface area contributed by atoms with Crippen LogP contribution in [0.2, 0.25) is 0 Å². The Hall–Kier alpha value is -1.66. The summed E-state index contributed by atoms with van der Waals surface area (Å²) < 4.78 is 4.83. The number of methoxy groups -OCH3 is 1. The van der Waals surface area contributed by atoms with Gasteiger partial charge in [-0.3, -0.25) is 4.90 Å². The first kappa shape index (κ1) is 16.7. The minimum absolute atomic E-state index is 0.201. The number of nitrogens with zero attached hydrogens (tertiary/aromatic N) is 3. The molecule has 0 spiro atoms. The van der Waals surface area contributed by atoms with E-state index in [9.17, 15) is 4.79 Å². The molecule has 6 heteroatoms. The van der Waals surface area contributed by atoms with Crippen LogP contribution >= 0.6 is 0 Å². The number of esters is 1. The number of aromatic nitrogens is 1. The fourth-order valence-electron chi connectivity index (χ4n) is 2.77. The lowest BCUT2D eigenvalue weighted by molar-refractivity contribution is 0.0599. The van der Waals surface area contributed by atoms with Crippen LogP contribution in [0.4, 0.5) is 5.82 Å². The third kappa shape index (κ3) is 3.96. The van der Waals surface area contributed by atoms with Crippen LogP contribution in [0.5, 0.6) is 0 Å². The van der Waals surface area contributed by atoms with E-state index in [0.29, 0.717) is 5.56 Å². The second-order valence-corrected chi connectivity index (χ2v) is 5.49. The van der Waals surface area contributed by atoms with E-state index in [4.69, 9.17) is 9.84 Å². The number of aryl methyl sites for hydroxylation is 1. The first-order valence-electron chi connectivity index (χ1n) is 7.85. The lowest BCUT2D eigenvalue weighted by Crippen LogP contribution is -2.47. The molecule has 22 heavy (non-hydrogen) atoms. The van der Waals surface area contributed by atoms with Gasteiger partial charge in [-0.05, 0) is 18.1 Å². The van der Waals surface area contributed by atoms with E-state index in [1.165, 1.54) is 7.11 Å². The summed E-state index contributed by atoms with van der Waals surface area (Å²) >= 11 is 0. The third-order valence-electron chi connectivity index (χ3n) is 4.01. The number of rotatable bonds is 6. The van der Waals surface area contributed by atoms with Crippen molar-refractivity contribution >= 4 is 11.8 Å². The quantitative estimate of drug-likeness (QED) is 0.789. The summed E-state index contributed by atoms with van der Waals surface area (Å²) in [7, 11) is 1.40. The van der Waals surface area contributed by atoms with Crippen LogP contribution in [0, 0.1) is 0 Å². The van der Waals surface area contributed by atoms with Crippen molar-refractivity contribution in [2.45, 2.75) is 19.8 Å². The normalized spacial score (nSPS) is 15.9. The highest BCUT2D eigenvalue weighted by atomic mass is 16.5. The molecule has 0 saturated carbocycles. The van der Waals surface area contributed by atoms with Gasteiger partial charge >= 0.3 is 5.97 Å². The van der Waals surface area contributed by atoms with Crippen LogP contribution in [0.15, 0.2) is 12.3 Å². The topological polar surface area (TPSA) is 65.9 Å². The summed E-state index contributed by atoms with van der Waals surface area (Å²) in [4.78, 5) is 20.7. The number of pyridine rings is 1.